The summed E-state index contributed by atoms with van der Waals surface area (Å²) in [4.78, 5) is 12.2. The predicted octanol–water partition coefficient (Wildman–Crippen LogP) is 1.89. The van der Waals surface area contributed by atoms with E-state index in [1.165, 1.54) is 63.7 Å². The Kier molecular flexibility index (Phi) is 6.75. The van der Waals surface area contributed by atoms with Gasteiger partial charge < -0.3 is 14.8 Å². The Bertz CT molecular complexity index is 898. The number of hydrogen-bond donors (Lipinski definition) is 1. The molecule has 0 aliphatic carbocycles. The minimum atomic E-state index is -3.77. The molecule has 0 saturated carbocycles. The minimum absolute atomic E-state index is 0.0924. The lowest BCUT2D eigenvalue weighted by atomic mass is 10.2. The fraction of sp³-hybridized carbons (Fsp3) is 0.278. The number of carbonyl (C=O) groups excluding carboxylic acids is 1. The first-order valence-corrected chi connectivity index (χ1v) is 9.47. The van der Waals surface area contributed by atoms with Crippen molar-refractivity contribution < 1.29 is 27.1 Å². The lowest BCUT2D eigenvalue weighted by molar-refractivity contribution is 0.0946. The molecule has 27 heavy (non-hydrogen) atoms. The second-order valence-electron chi connectivity index (χ2n) is 5.71. The number of benzene rings is 2. The van der Waals surface area contributed by atoms with Gasteiger partial charge in [-0.05, 0) is 42.5 Å². The van der Waals surface area contributed by atoms with Crippen LogP contribution in [0.15, 0.2) is 47.4 Å². The van der Waals surface area contributed by atoms with Crippen LogP contribution in [-0.2, 0) is 10.0 Å². The summed E-state index contributed by atoms with van der Waals surface area (Å²) < 4.78 is 49.1. The van der Waals surface area contributed by atoms with Gasteiger partial charge in [-0.2, -0.15) is 0 Å². The Morgan fingerprint density at radius 1 is 1.15 bits per heavy atom. The third-order valence-electron chi connectivity index (χ3n) is 3.65. The summed E-state index contributed by atoms with van der Waals surface area (Å²) in [5.41, 5.74) is 0.179. The van der Waals surface area contributed by atoms with E-state index in [1.54, 1.807) is 0 Å². The van der Waals surface area contributed by atoms with Gasteiger partial charge in [-0.3, -0.25) is 4.79 Å². The van der Waals surface area contributed by atoms with Crippen molar-refractivity contribution in [2.75, 3.05) is 34.4 Å². The van der Waals surface area contributed by atoms with Crippen molar-refractivity contribution >= 4 is 15.9 Å². The zero-order chi connectivity index (χ0) is 20.0. The maximum absolute atomic E-state index is 12.8. The highest BCUT2D eigenvalue weighted by molar-refractivity contribution is 7.89. The SMILES string of the molecule is COc1ccc(C(=O)NCCOc2ccc(F)cc2)cc1S(=O)(=O)N(C)C. The van der Waals surface area contributed by atoms with Gasteiger partial charge in [-0.1, -0.05) is 0 Å². The molecule has 0 aliphatic rings. The molecule has 0 spiro atoms. The summed E-state index contributed by atoms with van der Waals surface area (Å²) >= 11 is 0. The van der Waals surface area contributed by atoms with Crippen LogP contribution in [0.25, 0.3) is 0 Å². The normalized spacial score (nSPS) is 11.3. The van der Waals surface area contributed by atoms with Crippen molar-refractivity contribution in [3.8, 4) is 11.5 Å². The van der Waals surface area contributed by atoms with Gasteiger partial charge in [0.25, 0.3) is 5.91 Å². The summed E-state index contributed by atoms with van der Waals surface area (Å²) in [5, 5.41) is 2.64. The summed E-state index contributed by atoms with van der Waals surface area (Å²) in [7, 11) is 0.385. The van der Waals surface area contributed by atoms with Crippen LogP contribution in [0.5, 0.6) is 11.5 Å². The van der Waals surface area contributed by atoms with Crippen molar-refractivity contribution in [2.45, 2.75) is 4.90 Å². The molecule has 146 valence electrons. The standard InChI is InChI=1S/C18H21FN2O5S/c1-21(2)27(23,24)17-12-13(4-9-16(17)25-3)18(22)20-10-11-26-15-7-5-14(19)6-8-15/h4-9,12H,10-11H2,1-3H3,(H,20,22). The van der Waals surface area contributed by atoms with Gasteiger partial charge in [-0.15, -0.1) is 0 Å². The van der Waals surface area contributed by atoms with E-state index in [0.29, 0.717) is 5.75 Å². The third kappa shape index (κ3) is 5.18. The molecule has 1 N–H and O–H groups in total. The number of nitrogens with zero attached hydrogens (tertiary/aromatic N) is 1. The Hall–Kier alpha value is -2.65. The molecule has 2 rings (SSSR count). The van der Waals surface area contributed by atoms with E-state index in [1.807, 2.05) is 0 Å². The molecule has 0 aliphatic heterocycles. The van der Waals surface area contributed by atoms with Crippen LogP contribution in [0.4, 0.5) is 4.39 Å². The van der Waals surface area contributed by atoms with Crippen molar-refractivity contribution in [3.63, 3.8) is 0 Å². The molecule has 7 nitrogen and oxygen atoms in total. The number of nitrogens with one attached hydrogen (secondary N) is 1. The first-order chi connectivity index (χ1) is 12.8. The number of rotatable bonds is 8. The fourth-order valence-electron chi connectivity index (χ4n) is 2.18. The van der Waals surface area contributed by atoms with Crippen LogP contribution in [-0.4, -0.2) is 53.0 Å². The predicted molar refractivity (Wildman–Crippen MR) is 98.1 cm³/mol. The zero-order valence-corrected chi connectivity index (χ0v) is 16.0. The molecule has 0 fully saturated rings. The van der Waals surface area contributed by atoms with Crippen molar-refractivity contribution in [2.24, 2.45) is 0 Å². The number of amides is 1. The molecule has 0 heterocycles. The molecular weight excluding hydrogens is 375 g/mol. The topological polar surface area (TPSA) is 84.9 Å². The van der Waals surface area contributed by atoms with Crippen LogP contribution in [0.3, 0.4) is 0 Å². The summed E-state index contributed by atoms with van der Waals surface area (Å²) in [6.45, 7) is 0.369. The fourth-order valence-corrected chi connectivity index (χ4v) is 3.26. The van der Waals surface area contributed by atoms with Gasteiger partial charge >= 0.3 is 0 Å². The average Bonchev–Trinajstić information content (AvgIpc) is 2.65. The first-order valence-electron chi connectivity index (χ1n) is 8.03. The molecular formula is C18H21FN2O5S. The van der Waals surface area contributed by atoms with E-state index < -0.39 is 15.9 Å². The maximum atomic E-state index is 12.8. The maximum Gasteiger partial charge on any atom is 0.251 e. The monoisotopic (exact) mass is 396 g/mol. The average molecular weight is 396 g/mol. The van der Waals surface area contributed by atoms with E-state index in [0.717, 1.165) is 4.31 Å². The number of ether oxygens (including phenoxy) is 2. The molecule has 0 aromatic heterocycles. The van der Waals surface area contributed by atoms with Crippen LogP contribution in [0.1, 0.15) is 10.4 Å². The van der Waals surface area contributed by atoms with Crippen molar-refractivity contribution in [3.05, 3.63) is 53.8 Å². The molecule has 0 unspecified atom stereocenters. The van der Waals surface area contributed by atoms with E-state index in [2.05, 4.69) is 5.32 Å². The molecule has 0 atom stereocenters. The Morgan fingerprint density at radius 2 is 1.81 bits per heavy atom. The molecule has 1 amide bonds. The second kappa shape index (κ2) is 8.83. The Balaban J connectivity index is 2.02. The summed E-state index contributed by atoms with van der Waals surface area (Å²) in [6, 6.07) is 9.70. The first kappa shape index (κ1) is 20.7. The van der Waals surface area contributed by atoms with E-state index >= 15 is 0 Å². The molecule has 2 aromatic rings. The van der Waals surface area contributed by atoms with E-state index in [9.17, 15) is 17.6 Å². The van der Waals surface area contributed by atoms with Crippen LogP contribution >= 0.6 is 0 Å². The summed E-state index contributed by atoms with van der Waals surface area (Å²) in [6.07, 6.45) is 0. The summed E-state index contributed by atoms with van der Waals surface area (Å²) in [5.74, 6) is -0.177. The molecule has 9 heteroatoms. The molecule has 0 radical (unpaired) electrons. The van der Waals surface area contributed by atoms with Crippen LogP contribution in [0, 0.1) is 5.82 Å². The number of halogens is 1. The lowest BCUT2D eigenvalue weighted by Crippen LogP contribution is -2.28. The molecule has 2 aromatic carbocycles. The number of hydrogen-bond acceptors (Lipinski definition) is 5. The van der Waals surface area contributed by atoms with Crippen LogP contribution in [0.2, 0.25) is 0 Å². The number of methoxy groups -OCH3 is 1. The number of carbonyl (C=O) groups is 1. The van der Waals surface area contributed by atoms with Gasteiger partial charge in [0.05, 0.1) is 13.7 Å². The largest absolute Gasteiger partial charge is 0.495 e. The number of sulfonamides is 1. The van der Waals surface area contributed by atoms with Gasteiger partial charge in [0, 0.05) is 19.7 Å². The van der Waals surface area contributed by atoms with Gasteiger partial charge in [0.2, 0.25) is 10.0 Å². The Labute approximate surface area is 157 Å². The third-order valence-corrected chi connectivity index (χ3v) is 5.49. The molecule has 0 bridgehead atoms. The van der Waals surface area contributed by atoms with Crippen LogP contribution < -0.4 is 14.8 Å². The highest BCUT2D eigenvalue weighted by Crippen LogP contribution is 2.26. The second-order valence-corrected chi connectivity index (χ2v) is 7.83. The zero-order valence-electron chi connectivity index (χ0n) is 15.2. The minimum Gasteiger partial charge on any atom is -0.495 e. The molecule has 0 saturated heterocycles. The Morgan fingerprint density at radius 3 is 2.41 bits per heavy atom. The van der Waals surface area contributed by atoms with Crippen molar-refractivity contribution in [1.29, 1.82) is 0 Å². The smallest absolute Gasteiger partial charge is 0.251 e. The van der Waals surface area contributed by atoms with E-state index in [4.69, 9.17) is 9.47 Å². The van der Waals surface area contributed by atoms with Gasteiger partial charge in [0.1, 0.15) is 28.8 Å². The quantitative estimate of drug-likeness (QED) is 0.689. The van der Waals surface area contributed by atoms with E-state index in [-0.39, 0.29) is 35.2 Å². The van der Waals surface area contributed by atoms with Gasteiger partial charge in [0.15, 0.2) is 0 Å². The highest BCUT2D eigenvalue weighted by Gasteiger charge is 2.23. The lowest BCUT2D eigenvalue weighted by Gasteiger charge is -2.15. The van der Waals surface area contributed by atoms with Gasteiger partial charge in [-0.25, -0.2) is 17.1 Å². The van der Waals surface area contributed by atoms with Crippen molar-refractivity contribution in [1.82, 2.24) is 9.62 Å². The highest BCUT2D eigenvalue weighted by atomic mass is 32.2.